The van der Waals surface area contributed by atoms with Gasteiger partial charge in [0.1, 0.15) is 0 Å². The van der Waals surface area contributed by atoms with E-state index < -0.39 is 0 Å². The van der Waals surface area contributed by atoms with Crippen molar-refractivity contribution in [1.82, 2.24) is 19.6 Å². The van der Waals surface area contributed by atoms with Crippen molar-refractivity contribution in [2.24, 2.45) is 5.92 Å². The number of rotatable bonds is 4. The van der Waals surface area contributed by atoms with Crippen molar-refractivity contribution in [2.45, 2.75) is 25.9 Å². The molecule has 5 heteroatoms. The average Bonchev–Trinajstić information content (AvgIpc) is 3.17. The number of aromatic nitrogens is 4. The van der Waals surface area contributed by atoms with Crippen LogP contribution in [-0.4, -0.2) is 19.6 Å². The van der Waals surface area contributed by atoms with Crippen LogP contribution in [0.4, 0.5) is 0 Å². The predicted octanol–water partition coefficient (Wildman–Crippen LogP) is 2.05. The van der Waals surface area contributed by atoms with Crippen LogP contribution in [0.3, 0.4) is 0 Å². The van der Waals surface area contributed by atoms with Crippen LogP contribution in [0.2, 0.25) is 0 Å². The number of hydrogen-bond donors (Lipinski definition) is 0. The van der Waals surface area contributed by atoms with Crippen LogP contribution in [-0.2, 0) is 13.1 Å². The molecule has 4 rings (SSSR count). The number of pyridine rings is 1. The smallest absolute Gasteiger partial charge is 0.256 e. The summed E-state index contributed by atoms with van der Waals surface area (Å²) in [6.45, 7) is 1.29. The number of hydrogen-bond acceptors (Lipinski definition) is 3. The molecule has 3 aromatic rings. The van der Waals surface area contributed by atoms with Crippen LogP contribution in [0, 0.1) is 5.92 Å². The van der Waals surface area contributed by atoms with Gasteiger partial charge >= 0.3 is 0 Å². The van der Waals surface area contributed by atoms with Crippen LogP contribution in [0.5, 0.6) is 0 Å². The van der Waals surface area contributed by atoms with E-state index in [-0.39, 0.29) is 5.56 Å². The largest absolute Gasteiger partial charge is 0.308 e. The fourth-order valence-electron chi connectivity index (χ4n) is 2.73. The van der Waals surface area contributed by atoms with Gasteiger partial charge in [0.05, 0.1) is 18.3 Å². The first-order valence-electron chi connectivity index (χ1n) is 7.27. The van der Waals surface area contributed by atoms with E-state index in [0.717, 1.165) is 23.0 Å². The molecule has 21 heavy (non-hydrogen) atoms. The van der Waals surface area contributed by atoms with Crippen molar-refractivity contribution in [1.29, 1.82) is 0 Å². The predicted molar refractivity (Wildman–Crippen MR) is 80.1 cm³/mol. The highest BCUT2D eigenvalue weighted by Crippen LogP contribution is 2.31. The summed E-state index contributed by atoms with van der Waals surface area (Å²) in [7, 11) is 0. The lowest BCUT2D eigenvalue weighted by atomic mass is 10.1. The van der Waals surface area contributed by atoms with E-state index in [1.54, 1.807) is 17.1 Å². The number of fused-ring (bicyclic) bond motifs is 1. The molecule has 0 spiro atoms. The minimum absolute atomic E-state index is 0.0936. The second-order valence-electron chi connectivity index (χ2n) is 5.69. The molecule has 0 N–H and O–H groups in total. The Morgan fingerprint density at radius 2 is 2.10 bits per heavy atom. The van der Waals surface area contributed by atoms with Gasteiger partial charge in [-0.1, -0.05) is 23.4 Å². The Hall–Kier alpha value is -2.43. The summed E-state index contributed by atoms with van der Waals surface area (Å²) in [5.74, 6) is 0.660. The van der Waals surface area contributed by atoms with E-state index >= 15 is 0 Å². The molecule has 1 aliphatic rings. The SMILES string of the molecule is O=c1c(Cn2ccnn2)cc2ccccc2n1CC1CC1. The standard InChI is InChI=1S/C16H16N4O/c21-16-14(11-19-8-7-17-18-19)9-13-3-1-2-4-15(13)20(16)10-12-5-6-12/h1-4,7-9,12H,5-6,10-11H2. The molecule has 0 amide bonds. The first kappa shape index (κ1) is 12.3. The summed E-state index contributed by atoms with van der Waals surface area (Å²) in [6.07, 6.45) is 5.87. The number of benzene rings is 1. The molecule has 5 nitrogen and oxygen atoms in total. The fraction of sp³-hybridized carbons (Fsp3) is 0.312. The summed E-state index contributed by atoms with van der Waals surface area (Å²) in [6, 6.07) is 10.1. The summed E-state index contributed by atoms with van der Waals surface area (Å²) in [5, 5.41) is 8.85. The lowest BCUT2D eigenvalue weighted by molar-refractivity contribution is 0.603. The van der Waals surface area contributed by atoms with Crippen molar-refractivity contribution < 1.29 is 0 Å². The number of para-hydroxylation sites is 1. The van der Waals surface area contributed by atoms with E-state index in [0.29, 0.717) is 12.5 Å². The minimum Gasteiger partial charge on any atom is -0.308 e. The van der Waals surface area contributed by atoms with Crippen molar-refractivity contribution in [3.05, 3.63) is 58.6 Å². The second kappa shape index (κ2) is 4.84. The van der Waals surface area contributed by atoms with Gasteiger partial charge in [-0.05, 0) is 36.3 Å². The van der Waals surface area contributed by atoms with Gasteiger partial charge in [0.2, 0.25) is 0 Å². The summed E-state index contributed by atoms with van der Waals surface area (Å²) in [5.41, 5.74) is 1.88. The molecule has 2 aromatic heterocycles. The van der Waals surface area contributed by atoms with Gasteiger partial charge < -0.3 is 4.57 Å². The third-order valence-corrected chi connectivity index (χ3v) is 4.02. The molecule has 1 aliphatic carbocycles. The van der Waals surface area contributed by atoms with Gasteiger partial charge in [-0.25, -0.2) is 4.68 Å². The number of nitrogens with zero attached hydrogens (tertiary/aromatic N) is 4. The van der Waals surface area contributed by atoms with Crippen LogP contribution in [0.15, 0.2) is 47.5 Å². The highest BCUT2D eigenvalue weighted by Gasteiger charge is 2.23. The zero-order chi connectivity index (χ0) is 14.2. The molecule has 0 radical (unpaired) electrons. The zero-order valence-electron chi connectivity index (χ0n) is 11.6. The molecular weight excluding hydrogens is 264 g/mol. The summed E-state index contributed by atoms with van der Waals surface area (Å²) < 4.78 is 3.62. The summed E-state index contributed by atoms with van der Waals surface area (Å²) in [4.78, 5) is 12.8. The first-order valence-corrected chi connectivity index (χ1v) is 7.27. The van der Waals surface area contributed by atoms with E-state index in [9.17, 15) is 4.79 Å². The monoisotopic (exact) mass is 280 g/mol. The molecule has 2 heterocycles. The third kappa shape index (κ3) is 2.35. The second-order valence-corrected chi connectivity index (χ2v) is 5.69. The van der Waals surface area contributed by atoms with Crippen molar-refractivity contribution in [2.75, 3.05) is 0 Å². The molecule has 0 aliphatic heterocycles. The molecule has 0 atom stereocenters. The zero-order valence-corrected chi connectivity index (χ0v) is 11.6. The van der Waals surface area contributed by atoms with Gasteiger partial charge in [0.25, 0.3) is 5.56 Å². The highest BCUT2D eigenvalue weighted by molar-refractivity contribution is 5.79. The molecule has 1 saturated carbocycles. The first-order chi connectivity index (χ1) is 10.3. The van der Waals surface area contributed by atoms with Crippen LogP contribution < -0.4 is 5.56 Å². The van der Waals surface area contributed by atoms with E-state index in [1.165, 1.54) is 12.8 Å². The van der Waals surface area contributed by atoms with E-state index in [1.807, 2.05) is 28.8 Å². The Labute approximate surface area is 121 Å². The maximum absolute atomic E-state index is 12.8. The van der Waals surface area contributed by atoms with Gasteiger partial charge in [0.15, 0.2) is 0 Å². The molecular formula is C16H16N4O. The Morgan fingerprint density at radius 3 is 2.86 bits per heavy atom. The highest BCUT2D eigenvalue weighted by atomic mass is 16.1. The molecule has 1 aromatic carbocycles. The average molecular weight is 280 g/mol. The third-order valence-electron chi connectivity index (χ3n) is 4.02. The van der Waals surface area contributed by atoms with Gasteiger partial charge in [0, 0.05) is 18.3 Å². The molecule has 0 saturated heterocycles. The molecule has 0 bridgehead atoms. The van der Waals surface area contributed by atoms with Crippen LogP contribution in [0.1, 0.15) is 18.4 Å². The van der Waals surface area contributed by atoms with E-state index in [4.69, 9.17) is 0 Å². The van der Waals surface area contributed by atoms with Crippen LogP contribution in [0.25, 0.3) is 10.9 Å². The fourth-order valence-corrected chi connectivity index (χ4v) is 2.73. The lowest BCUT2D eigenvalue weighted by Gasteiger charge is -2.12. The van der Waals surface area contributed by atoms with Crippen LogP contribution >= 0.6 is 0 Å². The Morgan fingerprint density at radius 1 is 1.24 bits per heavy atom. The molecule has 1 fully saturated rings. The van der Waals surface area contributed by atoms with Gasteiger partial charge in [-0.2, -0.15) is 0 Å². The van der Waals surface area contributed by atoms with Crippen molar-refractivity contribution in [3.63, 3.8) is 0 Å². The normalized spacial score (nSPS) is 14.7. The lowest BCUT2D eigenvalue weighted by Crippen LogP contribution is -2.26. The molecule has 106 valence electrons. The van der Waals surface area contributed by atoms with Crippen molar-refractivity contribution in [3.8, 4) is 0 Å². The topological polar surface area (TPSA) is 52.7 Å². The van der Waals surface area contributed by atoms with Crippen molar-refractivity contribution >= 4 is 10.9 Å². The quantitative estimate of drug-likeness (QED) is 0.735. The van der Waals surface area contributed by atoms with Gasteiger partial charge in [-0.3, -0.25) is 4.79 Å². The van der Waals surface area contributed by atoms with E-state index in [2.05, 4.69) is 16.4 Å². The van der Waals surface area contributed by atoms with Gasteiger partial charge in [-0.15, -0.1) is 5.10 Å². The maximum Gasteiger partial charge on any atom is 0.256 e. The maximum atomic E-state index is 12.8. The summed E-state index contributed by atoms with van der Waals surface area (Å²) >= 11 is 0. The minimum atomic E-state index is 0.0936. The Kier molecular flexibility index (Phi) is 2.84. The Bertz CT molecular complexity index is 831. The Balaban J connectivity index is 1.86. The molecule has 0 unspecified atom stereocenters.